The Kier molecular flexibility index (Phi) is 5.64. The van der Waals surface area contributed by atoms with E-state index >= 15 is 0 Å². The van der Waals surface area contributed by atoms with Gasteiger partial charge in [0.1, 0.15) is 0 Å². The van der Waals surface area contributed by atoms with E-state index in [1.54, 1.807) is 0 Å². The highest BCUT2D eigenvalue weighted by Crippen LogP contribution is 2.42. The van der Waals surface area contributed by atoms with Gasteiger partial charge in [-0.1, -0.05) is 12.1 Å². The summed E-state index contributed by atoms with van der Waals surface area (Å²) in [5, 5.41) is 0. The van der Waals surface area contributed by atoms with E-state index in [0.717, 1.165) is 12.1 Å². The Balaban J connectivity index is 2.88. The van der Waals surface area contributed by atoms with Gasteiger partial charge < -0.3 is 0 Å². The lowest BCUT2D eigenvalue weighted by molar-refractivity contribution is -0.138. The molecule has 0 aliphatic heterocycles. The van der Waals surface area contributed by atoms with Crippen LogP contribution < -0.4 is 0 Å². The van der Waals surface area contributed by atoms with Crippen molar-refractivity contribution >= 4 is 37.6 Å². The van der Waals surface area contributed by atoms with Gasteiger partial charge in [0, 0.05) is 20.1 Å². The van der Waals surface area contributed by atoms with Crippen LogP contribution in [0.5, 0.6) is 0 Å². The first-order chi connectivity index (χ1) is 11.8. The zero-order valence-electron chi connectivity index (χ0n) is 13.2. The Bertz CT molecular complexity index is 813. The van der Waals surface area contributed by atoms with Crippen molar-refractivity contribution in [1.82, 2.24) is 0 Å². The molecule has 0 saturated heterocycles. The van der Waals surface area contributed by atoms with Crippen molar-refractivity contribution in [3.8, 4) is 0 Å². The maximum absolute atomic E-state index is 13.3. The van der Waals surface area contributed by atoms with Gasteiger partial charge in [-0.15, -0.1) is 0 Å². The van der Waals surface area contributed by atoms with Crippen molar-refractivity contribution in [1.29, 1.82) is 0 Å². The molecule has 0 fully saturated rings. The summed E-state index contributed by atoms with van der Waals surface area (Å²) in [7, 11) is 0. The molecule has 0 bridgehead atoms. The molecule has 0 radical (unpaired) electrons. The molecule has 2 rings (SSSR count). The largest absolute Gasteiger partial charge is 0.417 e. The lowest BCUT2D eigenvalue weighted by Gasteiger charge is -2.19. The zero-order valence-corrected chi connectivity index (χ0v) is 16.4. The highest BCUT2D eigenvalue weighted by atomic mass is 79.9. The molecule has 0 heterocycles. The van der Waals surface area contributed by atoms with Crippen molar-refractivity contribution in [3.63, 3.8) is 0 Å². The second kappa shape index (κ2) is 6.99. The molecule has 0 spiro atoms. The van der Waals surface area contributed by atoms with Gasteiger partial charge in [0.15, 0.2) is 5.78 Å². The summed E-state index contributed by atoms with van der Waals surface area (Å²) >= 11 is 5.84. The topological polar surface area (TPSA) is 17.1 Å². The third kappa shape index (κ3) is 3.83. The number of ketones is 1. The average molecular weight is 504 g/mol. The predicted molar refractivity (Wildman–Crippen MR) is 91.2 cm³/mol. The minimum atomic E-state index is -4.91. The third-order valence-corrected chi connectivity index (χ3v) is 5.78. The molecule has 0 aromatic heterocycles. The molecule has 0 amide bonds. The maximum atomic E-state index is 13.3. The molecule has 1 nitrogen and oxygen atoms in total. The first-order valence-electron chi connectivity index (χ1n) is 7.04. The maximum Gasteiger partial charge on any atom is 0.417 e. The van der Waals surface area contributed by atoms with Gasteiger partial charge in [0.05, 0.1) is 11.1 Å². The minimum Gasteiger partial charge on any atom is -0.288 e. The molecule has 9 heteroatoms. The van der Waals surface area contributed by atoms with E-state index in [2.05, 4.69) is 31.9 Å². The van der Waals surface area contributed by atoms with Gasteiger partial charge >= 0.3 is 12.4 Å². The normalized spacial score (nSPS) is 12.4. The van der Waals surface area contributed by atoms with Crippen molar-refractivity contribution in [2.45, 2.75) is 26.2 Å². The fourth-order valence-electron chi connectivity index (χ4n) is 2.40. The number of alkyl halides is 6. The van der Waals surface area contributed by atoms with E-state index in [-0.39, 0.29) is 8.95 Å². The Morgan fingerprint density at radius 3 is 1.31 bits per heavy atom. The van der Waals surface area contributed by atoms with Gasteiger partial charge in [-0.05, 0) is 69.0 Å². The van der Waals surface area contributed by atoms with E-state index < -0.39 is 40.4 Å². The SMILES string of the molecule is Cc1ccc(C(F)(F)F)c(C(=O)c2c(C(F)(F)F)ccc(C)c2Br)c1Br. The number of rotatable bonds is 2. The number of hydrogen-bond donors (Lipinski definition) is 0. The molecular weight excluding hydrogens is 494 g/mol. The van der Waals surface area contributed by atoms with Gasteiger partial charge in [-0.3, -0.25) is 4.79 Å². The number of carbonyl (C=O) groups excluding carboxylic acids is 1. The van der Waals surface area contributed by atoms with Crippen LogP contribution >= 0.6 is 31.9 Å². The van der Waals surface area contributed by atoms with Crippen LogP contribution in [0.1, 0.15) is 38.2 Å². The molecular formula is C17H10Br2F6O. The van der Waals surface area contributed by atoms with Gasteiger partial charge in [-0.2, -0.15) is 26.3 Å². The highest BCUT2D eigenvalue weighted by Gasteiger charge is 2.41. The second-order valence-electron chi connectivity index (χ2n) is 5.56. The first-order valence-corrected chi connectivity index (χ1v) is 8.62. The molecule has 26 heavy (non-hydrogen) atoms. The van der Waals surface area contributed by atoms with E-state index in [9.17, 15) is 31.1 Å². The number of hydrogen-bond acceptors (Lipinski definition) is 1. The Morgan fingerprint density at radius 2 is 1.04 bits per heavy atom. The summed E-state index contributed by atoms with van der Waals surface area (Å²) in [5.74, 6) is -1.37. The molecule has 0 unspecified atom stereocenters. The van der Waals surface area contributed by atoms with Crippen molar-refractivity contribution in [2.75, 3.05) is 0 Å². The second-order valence-corrected chi connectivity index (χ2v) is 7.15. The highest BCUT2D eigenvalue weighted by molar-refractivity contribution is 9.11. The average Bonchev–Trinajstić information content (AvgIpc) is 2.49. The van der Waals surface area contributed by atoms with E-state index in [1.165, 1.54) is 13.8 Å². The lowest BCUT2D eigenvalue weighted by atomic mass is 9.92. The van der Waals surface area contributed by atoms with Crippen LogP contribution in [0, 0.1) is 13.8 Å². The molecule has 0 N–H and O–H groups in total. The predicted octanol–water partition coefficient (Wildman–Crippen LogP) is 7.10. The van der Waals surface area contributed by atoms with Crippen LogP contribution in [0.3, 0.4) is 0 Å². The molecule has 2 aromatic rings. The Morgan fingerprint density at radius 1 is 0.731 bits per heavy atom. The van der Waals surface area contributed by atoms with Gasteiger partial charge in [0.25, 0.3) is 0 Å². The number of aryl methyl sites for hydroxylation is 2. The van der Waals surface area contributed by atoms with Crippen LogP contribution in [0.4, 0.5) is 26.3 Å². The minimum absolute atomic E-state index is 0.196. The number of benzene rings is 2. The third-order valence-electron chi connectivity index (χ3n) is 3.74. The van der Waals surface area contributed by atoms with Crippen LogP contribution in [-0.2, 0) is 12.4 Å². The fraction of sp³-hybridized carbons (Fsp3) is 0.235. The molecule has 2 aromatic carbocycles. The van der Waals surface area contributed by atoms with E-state index in [0.29, 0.717) is 23.3 Å². The van der Waals surface area contributed by atoms with Crippen LogP contribution in [0.2, 0.25) is 0 Å². The summed E-state index contributed by atoms with van der Waals surface area (Å²) in [4.78, 5) is 12.9. The summed E-state index contributed by atoms with van der Waals surface area (Å²) in [6, 6.07) is 3.65. The van der Waals surface area contributed by atoms with Crippen molar-refractivity contribution in [3.05, 3.63) is 66.6 Å². The molecule has 140 valence electrons. The van der Waals surface area contributed by atoms with Gasteiger partial charge in [-0.25, -0.2) is 0 Å². The zero-order chi connectivity index (χ0) is 20.0. The quantitative estimate of drug-likeness (QED) is 0.315. The summed E-state index contributed by atoms with van der Waals surface area (Å²) in [5.41, 5.74) is -3.73. The first kappa shape index (κ1) is 21.0. The van der Waals surface area contributed by atoms with Gasteiger partial charge in [0.2, 0.25) is 0 Å². The van der Waals surface area contributed by atoms with Crippen LogP contribution in [0.15, 0.2) is 33.2 Å². The summed E-state index contributed by atoms with van der Waals surface area (Å²) < 4.78 is 79.7. The fourth-order valence-corrected chi connectivity index (χ4v) is 3.45. The Labute approximate surface area is 161 Å². The molecule has 0 atom stereocenters. The standard InChI is InChI=1S/C17H10Br2F6O/c1-7-3-5-9(16(20,21)22)11(13(7)18)15(26)12-10(17(23,24)25)6-4-8(2)14(12)19/h3-6H,1-2H3. The summed E-state index contributed by atoms with van der Waals surface area (Å²) in [6.07, 6.45) is -9.81. The van der Waals surface area contributed by atoms with E-state index in [4.69, 9.17) is 0 Å². The molecule has 0 aliphatic rings. The van der Waals surface area contributed by atoms with Crippen molar-refractivity contribution < 1.29 is 31.1 Å². The number of halogens is 8. The smallest absolute Gasteiger partial charge is 0.288 e. The Hall–Kier alpha value is -1.35. The van der Waals surface area contributed by atoms with Crippen molar-refractivity contribution in [2.24, 2.45) is 0 Å². The molecule has 0 aliphatic carbocycles. The molecule has 0 saturated carbocycles. The van der Waals surface area contributed by atoms with E-state index in [1.807, 2.05) is 0 Å². The lowest BCUT2D eigenvalue weighted by Crippen LogP contribution is -2.19. The van der Waals surface area contributed by atoms with Crippen LogP contribution in [0.25, 0.3) is 0 Å². The summed E-state index contributed by atoms with van der Waals surface area (Å²) in [6.45, 7) is 2.88. The monoisotopic (exact) mass is 502 g/mol. The number of carbonyl (C=O) groups is 1. The van der Waals surface area contributed by atoms with Crippen LogP contribution in [-0.4, -0.2) is 5.78 Å².